The SMILES string of the molecule is Cc1ccc(OC2CCN(C(=O)NC(C)C)CC2)cn1. The standard InChI is InChI=1S/C15H23N3O2/c1-11(2)17-15(19)18-8-6-13(7-9-18)20-14-5-4-12(3)16-10-14/h4-5,10-11,13H,6-9H2,1-3H3,(H,17,19). The molecule has 2 amide bonds. The molecule has 2 heterocycles. The molecule has 0 bridgehead atoms. The van der Waals surface area contributed by atoms with Crippen molar-refractivity contribution in [3.8, 4) is 5.75 Å². The zero-order valence-electron chi connectivity index (χ0n) is 12.4. The molecule has 1 fully saturated rings. The minimum Gasteiger partial charge on any atom is -0.489 e. The molecule has 20 heavy (non-hydrogen) atoms. The fraction of sp³-hybridized carbons (Fsp3) is 0.600. The van der Waals surface area contributed by atoms with Crippen LogP contribution in [0.1, 0.15) is 32.4 Å². The average molecular weight is 277 g/mol. The number of pyridine rings is 1. The van der Waals surface area contributed by atoms with Gasteiger partial charge in [-0.05, 0) is 32.9 Å². The van der Waals surface area contributed by atoms with Gasteiger partial charge in [-0.15, -0.1) is 0 Å². The van der Waals surface area contributed by atoms with Crippen LogP contribution in [0, 0.1) is 6.92 Å². The molecule has 0 aromatic carbocycles. The molecule has 1 aromatic heterocycles. The minimum atomic E-state index is 0.0236. The number of aromatic nitrogens is 1. The highest BCUT2D eigenvalue weighted by Crippen LogP contribution is 2.18. The van der Waals surface area contributed by atoms with Crippen molar-refractivity contribution in [1.82, 2.24) is 15.2 Å². The Labute approximate surface area is 120 Å². The summed E-state index contributed by atoms with van der Waals surface area (Å²) < 4.78 is 5.90. The number of carbonyl (C=O) groups is 1. The number of ether oxygens (including phenoxy) is 1. The first kappa shape index (κ1) is 14.6. The van der Waals surface area contributed by atoms with Gasteiger partial charge in [0.05, 0.1) is 6.20 Å². The third kappa shape index (κ3) is 4.11. The van der Waals surface area contributed by atoms with Crippen LogP contribution < -0.4 is 10.1 Å². The highest BCUT2D eigenvalue weighted by atomic mass is 16.5. The lowest BCUT2D eigenvalue weighted by atomic mass is 10.1. The molecule has 1 aliphatic heterocycles. The van der Waals surface area contributed by atoms with E-state index in [2.05, 4.69) is 10.3 Å². The molecule has 1 saturated heterocycles. The smallest absolute Gasteiger partial charge is 0.317 e. The van der Waals surface area contributed by atoms with E-state index in [9.17, 15) is 4.79 Å². The van der Waals surface area contributed by atoms with Gasteiger partial charge in [0, 0.05) is 37.7 Å². The Morgan fingerprint density at radius 3 is 2.65 bits per heavy atom. The molecule has 2 rings (SSSR count). The van der Waals surface area contributed by atoms with E-state index >= 15 is 0 Å². The molecule has 110 valence electrons. The van der Waals surface area contributed by atoms with Gasteiger partial charge in [0.25, 0.3) is 0 Å². The molecule has 0 aliphatic carbocycles. The van der Waals surface area contributed by atoms with Gasteiger partial charge in [-0.1, -0.05) is 0 Å². The van der Waals surface area contributed by atoms with Crippen molar-refractivity contribution >= 4 is 6.03 Å². The van der Waals surface area contributed by atoms with Crippen LogP contribution in [-0.4, -0.2) is 41.2 Å². The maximum atomic E-state index is 11.9. The number of hydrogen-bond acceptors (Lipinski definition) is 3. The molecule has 1 N–H and O–H groups in total. The summed E-state index contributed by atoms with van der Waals surface area (Å²) in [5.41, 5.74) is 0.984. The summed E-state index contributed by atoms with van der Waals surface area (Å²) in [6.45, 7) is 7.37. The highest BCUT2D eigenvalue weighted by Gasteiger charge is 2.24. The number of piperidine rings is 1. The van der Waals surface area contributed by atoms with E-state index in [0.29, 0.717) is 0 Å². The number of amides is 2. The van der Waals surface area contributed by atoms with E-state index in [0.717, 1.165) is 37.4 Å². The number of hydrogen-bond donors (Lipinski definition) is 1. The number of likely N-dealkylation sites (tertiary alicyclic amines) is 1. The van der Waals surface area contributed by atoms with Crippen molar-refractivity contribution in [2.45, 2.75) is 45.8 Å². The first-order valence-electron chi connectivity index (χ1n) is 7.19. The summed E-state index contributed by atoms with van der Waals surface area (Å²) in [7, 11) is 0. The molecule has 5 heteroatoms. The zero-order valence-corrected chi connectivity index (χ0v) is 12.4. The van der Waals surface area contributed by atoms with Gasteiger partial charge in [0.1, 0.15) is 11.9 Å². The molecule has 0 radical (unpaired) electrons. The van der Waals surface area contributed by atoms with Crippen molar-refractivity contribution in [1.29, 1.82) is 0 Å². The van der Waals surface area contributed by atoms with Gasteiger partial charge in [-0.25, -0.2) is 4.79 Å². The third-order valence-electron chi connectivity index (χ3n) is 3.33. The highest BCUT2D eigenvalue weighted by molar-refractivity contribution is 5.74. The summed E-state index contributed by atoms with van der Waals surface area (Å²) in [4.78, 5) is 18.0. The fourth-order valence-corrected chi connectivity index (χ4v) is 2.23. The van der Waals surface area contributed by atoms with Gasteiger partial charge < -0.3 is 15.0 Å². The average Bonchev–Trinajstić information content (AvgIpc) is 2.41. The van der Waals surface area contributed by atoms with Crippen molar-refractivity contribution in [2.75, 3.05) is 13.1 Å². The van der Waals surface area contributed by atoms with E-state index in [4.69, 9.17) is 4.74 Å². The van der Waals surface area contributed by atoms with Crippen LogP contribution in [0.3, 0.4) is 0 Å². The van der Waals surface area contributed by atoms with Crippen molar-refractivity contribution in [3.05, 3.63) is 24.0 Å². The lowest BCUT2D eigenvalue weighted by Gasteiger charge is -2.32. The Balaban J connectivity index is 1.79. The Kier molecular flexibility index (Phi) is 4.82. The fourth-order valence-electron chi connectivity index (χ4n) is 2.23. The number of nitrogens with one attached hydrogen (secondary N) is 1. The van der Waals surface area contributed by atoms with Crippen LogP contribution in [0.5, 0.6) is 5.75 Å². The summed E-state index contributed by atoms with van der Waals surface area (Å²) in [6.07, 6.45) is 3.65. The summed E-state index contributed by atoms with van der Waals surface area (Å²) >= 11 is 0. The van der Waals surface area contributed by atoms with Crippen molar-refractivity contribution in [2.24, 2.45) is 0 Å². The predicted octanol–water partition coefficient (Wildman–Crippen LogP) is 2.35. The predicted molar refractivity (Wildman–Crippen MR) is 77.9 cm³/mol. The Morgan fingerprint density at radius 2 is 2.10 bits per heavy atom. The summed E-state index contributed by atoms with van der Waals surface area (Å²) in [6, 6.07) is 4.09. The maximum Gasteiger partial charge on any atom is 0.317 e. The second kappa shape index (κ2) is 6.59. The van der Waals surface area contributed by atoms with Gasteiger partial charge in [0.15, 0.2) is 0 Å². The number of urea groups is 1. The van der Waals surface area contributed by atoms with Crippen LogP contribution in [0.2, 0.25) is 0 Å². The normalized spacial score (nSPS) is 16.3. The van der Waals surface area contributed by atoms with Gasteiger partial charge in [0.2, 0.25) is 0 Å². The van der Waals surface area contributed by atoms with Crippen LogP contribution in [0.4, 0.5) is 4.79 Å². The number of carbonyl (C=O) groups excluding carboxylic acids is 1. The Bertz CT molecular complexity index is 437. The topological polar surface area (TPSA) is 54.5 Å². The molecule has 0 saturated carbocycles. The third-order valence-corrected chi connectivity index (χ3v) is 3.33. The van der Waals surface area contributed by atoms with E-state index in [1.165, 1.54) is 0 Å². The van der Waals surface area contributed by atoms with Gasteiger partial charge in [-0.3, -0.25) is 4.98 Å². The first-order chi connectivity index (χ1) is 9.54. The van der Waals surface area contributed by atoms with Crippen LogP contribution in [-0.2, 0) is 0 Å². The lowest BCUT2D eigenvalue weighted by Crippen LogP contribution is -2.48. The minimum absolute atomic E-state index is 0.0236. The quantitative estimate of drug-likeness (QED) is 0.922. The summed E-state index contributed by atoms with van der Waals surface area (Å²) in [5, 5.41) is 2.92. The van der Waals surface area contributed by atoms with Gasteiger partial charge in [-0.2, -0.15) is 0 Å². The molecule has 5 nitrogen and oxygen atoms in total. The largest absolute Gasteiger partial charge is 0.489 e. The zero-order chi connectivity index (χ0) is 14.5. The lowest BCUT2D eigenvalue weighted by molar-refractivity contribution is 0.110. The van der Waals surface area contributed by atoms with Crippen molar-refractivity contribution < 1.29 is 9.53 Å². The van der Waals surface area contributed by atoms with E-state index in [-0.39, 0.29) is 18.2 Å². The second-order valence-electron chi connectivity index (χ2n) is 5.54. The molecule has 0 unspecified atom stereocenters. The molecule has 1 aliphatic rings. The second-order valence-corrected chi connectivity index (χ2v) is 5.54. The Hall–Kier alpha value is -1.78. The molecular formula is C15H23N3O2. The number of rotatable bonds is 3. The Morgan fingerprint density at radius 1 is 1.40 bits per heavy atom. The van der Waals surface area contributed by atoms with Crippen molar-refractivity contribution in [3.63, 3.8) is 0 Å². The van der Waals surface area contributed by atoms with Gasteiger partial charge >= 0.3 is 6.03 Å². The monoisotopic (exact) mass is 277 g/mol. The molecule has 0 atom stereocenters. The van der Waals surface area contributed by atoms with E-state index in [1.54, 1.807) is 6.20 Å². The number of nitrogens with zero attached hydrogens (tertiary/aromatic N) is 2. The first-order valence-corrected chi connectivity index (χ1v) is 7.19. The number of aryl methyl sites for hydroxylation is 1. The molecule has 0 spiro atoms. The summed E-state index contributed by atoms with van der Waals surface area (Å²) in [5.74, 6) is 0.806. The van der Waals surface area contributed by atoms with Crippen LogP contribution >= 0.6 is 0 Å². The maximum absolute atomic E-state index is 11.9. The molecular weight excluding hydrogens is 254 g/mol. The van der Waals surface area contributed by atoms with E-state index in [1.807, 2.05) is 37.8 Å². The van der Waals surface area contributed by atoms with E-state index < -0.39 is 0 Å². The van der Waals surface area contributed by atoms with Crippen LogP contribution in [0.15, 0.2) is 18.3 Å². The van der Waals surface area contributed by atoms with Crippen LogP contribution in [0.25, 0.3) is 0 Å². The molecule has 1 aromatic rings.